The molecule has 3 nitrogen and oxygen atoms in total. The fourth-order valence-electron chi connectivity index (χ4n) is 3.49. The number of rotatable bonds is 5. The SMILES string of the molecule is CCC(C)(C(=O)NCC1CC2CCC1C2)C(N)=S. The number of hydrogen-bond donors (Lipinski definition) is 2. The highest BCUT2D eigenvalue weighted by Gasteiger charge is 2.40. The lowest BCUT2D eigenvalue weighted by molar-refractivity contribution is -0.127. The van der Waals surface area contributed by atoms with E-state index in [0.717, 1.165) is 18.4 Å². The summed E-state index contributed by atoms with van der Waals surface area (Å²) in [5, 5.41) is 3.08. The van der Waals surface area contributed by atoms with Crippen molar-refractivity contribution in [3.63, 3.8) is 0 Å². The fourth-order valence-corrected chi connectivity index (χ4v) is 3.73. The Bertz CT molecular complexity index is 358. The van der Waals surface area contributed by atoms with Crippen molar-refractivity contribution in [3.05, 3.63) is 0 Å². The van der Waals surface area contributed by atoms with Gasteiger partial charge in [-0.25, -0.2) is 0 Å². The maximum atomic E-state index is 12.2. The van der Waals surface area contributed by atoms with Crippen LogP contribution in [0.1, 0.15) is 46.0 Å². The topological polar surface area (TPSA) is 55.1 Å². The molecule has 0 saturated heterocycles. The average molecular weight is 268 g/mol. The monoisotopic (exact) mass is 268 g/mol. The van der Waals surface area contributed by atoms with Crippen molar-refractivity contribution in [2.45, 2.75) is 46.0 Å². The highest BCUT2D eigenvalue weighted by atomic mass is 32.1. The zero-order valence-electron chi connectivity index (χ0n) is 11.4. The van der Waals surface area contributed by atoms with Gasteiger partial charge in [-0.2, -0.15) is 0 Å². The standard InChI is InChI=1S/C14H24N2OS/c1-3-14(2,12(15)18)13(17)16-8-11-7-9-4-5-10(11)6-9/h9-11H,3-8H2,1-2H3,(H2,15,18)(H,16,17). The Hall–Kier alpha value is -0.640. The minimum atomic E-state index is -0.688. The maximum absolute atomic E-state index is 12.2. The lowest BCUT2D eigenvalue weighted by Crippen LogP contribution is -2.48. The van der Waals surface area contributed by atoms with Crippen LogP contribution in [-0.2, 0) is 4.79 Å². The van der Waals surface area contributed by atoms with Crippen LogP contribution in [0.4, 0.5) is 0 Å². The Morgan fingerprint density at radius 3 is 2.61 bits per heavy atom. The van der Waals surface area contributed by atoms with Gasteiger partial charge in [0.1, 0.15) is 0 Å². The minimum Gasteiger partial charge on any atom is -0.392 e. The number of fused-ring (bicyclic) bond motifs is 2. The molecule has 2 aliphatic rings. The third kappa shape index (κ3) is 2.40. The van der Waals surface area contributed by atoms with E-state index in [1.807, 2.05) is 13.8 Å². The number of amides is 1. The summed E-state index contributed by atoms with van der Waals surface area (Å²) in [6.45, 7) is 4.60. The molecule has 2 rings (SSSR count). The van der Waals surface area contributed by atoms with Gasteiger partial charge in [0.15, 0.2) is 0 Å². The first-order valence-electron chi connectivity index (χ1n) is 7.05. The number of carbonyl (C=O) groups is 1. The molecule has 1 amide bonds. The van der Waals surface area contributed by atoms with E-state index in [9.17, 15) is 4.79 Å². The molecule has 102 valence electrons. The van der Waals surface area contributed by atoms with Gasteiger partial charge in [0, 0.05) is 6.54 Å². The average Bonchev–Trinajstić information content (AvgIpc) is 2.96. The van der Waals surface area contributed by atoms with Crippen molar-refractivity contribution < 1.29 is 4.79 Å². The zero-order chi connectivity index (χ0) is 13.3. The first kappa shape index (κ1) is 13.8. The molecule has 4 heteroatoms. The second-order valence-corrected chi connectivity index (χ2v) is 6.63. The van der Waals surface area contributed by atoms with Crippen molar-refractivity contribution in [1.82, 2.24) is 5.32 Å². The van der Waals surface area contributed by atoms with Gasteiger partial charge in [-0.3, -0.25) is 4.79 Å². The van der Waals surface area contributed by atoms with E-state index in [0.29, 0.717) is 17.3 Å². The third-order valence-electron chi connectivity index (χ3n) is 5.16. The van der Waals surface area contributed by atoms with E-state index in [-0.39, 0.29) is 5.91 Å². The van der Waals surface area contributed by atoms with E-state index < -0.39 is 5.41 Å². The van der Waals surface area contributed by atoms with Crippen LogP contribution in [0.25, 0.3) is 0 Å². The summed E-state index contributed by atoms with van der Waals surface area (Å²) in [7, 11) is 0. The molecule has 0 aromatic heterocycles. The Balaban J connectivity index is 1.86. The van der Waals surface area contributed by atoms with E-state index in [1.165, 1.54) is 25.7 Å². The largest absolute Gasteiger partial charge is 0.392 e. The van der Waals surface area contributed by atoms with Crippen molar-refractivity contribution in [1.29, 1.82) is 0 Å². The van der Waals surface area contributed by atoms with Gasteiger partial charge in [-0.1, -0.05) is 25.6 Å². The Kier molecular flexibility index (Phi) is 3.95. The second kappa shape index (κ2) is 5.16. The number of carbonyl (C=O) groups excluding carboxylic acids is 1. The van der Waals surface area contributed by atoms with Gasteiger partial charge in [-0.05, 0) is 50.4 Å². The molecule has 0 spiro atoms. The molecule has 4 atom stereocenters. The van der Waals surface area contributed by atoms with E-state index in [2.05, 4.69) is 5.32 Å². The fraction of sp³-hybridized carbons (Fsp3) is 0.857. The van der Waals surface area contributed by atoms with E-state index in [1.54, 1.807) is 0 Å². The molecular formula is C14H24N2OS. The summed E-state index contributed by atoms with van der Waals surface area (Å²) in [6, 6.07) is 0. The van der Waals surface area contributed by atoms with Gasteiger partial charge in [0.2, 0.25) is 5.91 Å². The van der Waals surface area contributed by atoms with Crippen LogP contribution in [0.5, 0.6) is 0 Å². The first-order valence-corrected chi connectivity index (χ1v) is 7.46. The maximum Gasteiger partial charge on any atom is 0.232 e. The van der Waals surface area contributed by atoms with Crippen molar-refractivity contribution >= 4 is 23.1 Å². The van der Waals surface area contributed by atoms with Gasteiger partial charge in [-0.15, -0.1) is 0 Å². The van der Waals surface area contributed by atoms with Crippen LogP contribution < -0.4 is 11.1 Å². The molecule has 0 aromatic rings. The number of thiocarbonyl (C=S) groups is 1. The molecule has 18 heavy (non-hydrogen) atoms. The van der Waals surface area contributed by atoms with Gasteiger partial charge >= 0.3 is 0 Å². The third-order valence-corrected chi connectivity index (χ3v) is 5.61. The van der Waals surface area contributed by atoms with Gasteiger partial charge in [0.25, 0.3) is 0 Å². The number of nitrogens with one attached hydrogen (secondary N) is 1. The van der Waals surface area contributed by atoms with Crippen molar-refractivity contribution in [2.24, 2.45) is 28.9 Å². The molecule has 2 saturated carbocycles. The quantitative estimate of drug-likeness (QED) is 0.752. The number of hydrogen-bond acceptors (Lipinski definition) is 2. The van der Waals surface area contributed by atoms with Crippen LogP contribution in [-0.4, -0.2) is 17.4 Å². The highest BCUT2D eigenvalue weighted by Crippen LogP contribution is 2.47. The molecule has 2 bridgehead atoms. The van der Waals surface area contributed by atoms with E-state index in [4.69, 9.17) is 18.0 Å². The zero-order valence-corrected chi connectivity index (χ0v) is 12.2. The summed E-state index contributed by atoms with van der Waals surface area (Å²) in [5.74, 6) is 2.44. The minimum absolute atomic E-state index is 0.000253. The van der Waals surface area contributed by atoms with Crippen LogP contribution in [0.2, 0.25) is 0 Å². The van der Waals surface area contributed by atoms with Crippen LogP contribution in [0.15, 0.2) is 0 Å². The molecule has 4 unspecified atom stereocenters. The number of nitrogens with two attached hydrogens (primary N) is 1. The van der Waals surface area contributed by atoms with Crippen molar-refractivity contribution in [3.8, 4) is 0 Å². The predicted molar refractivity (Wildman–Crippen MR) is 77.1 cm³/mol. The van der Waals surface area contributed by atoms with Crippen LogP contribution >= 0.6 is 12.2 Å². The predicted octanol–water partition coefficient (Wildman–Crippen LogP) is 2.24. The lowest BCUT2D eigenvalue weighted by Gasteiger charge is -2.28. The smallest absolute Gasteiger partial charge is 0.232 e. The molecule has 2 fully saturated rings. The summed E-state index contributed by atoms with van der Waals surface area (Å²) in [6.07, 6.45) is 6.08. The second-order valence-electron chi connectivity index (χ2n) is 6.19. The Morgan fingerprint density at radius 2 is 2.17 bits per heavy atom. The Labute approximate surface area is 115 Å². The van der Waals surface area contributed by atoms with E-state index >= 15 is 0 Å². The Morgan fingerprint density at radius 1 is 1.44 bits per heavy atom. The molecule has 0 aliphatic heterocycles. The normalized spacial score (nSPS) is 33.1. The summed E-state index contributed by atoms with van der Waals surface area (Å²) < 4.78 is 0. The summed E-state index contributed by atoms with van der Waals surface area (Å²) in [4.78, 5) is 12.5. The van der Waals surface area contributed by atoms with Crippen molar-refractivity contribution in [2.75, 3.05) is 6.54 Å². The molecule has 2 aliphatic carbocycles. The van der Waals surface area contributed by atoms with Crippen LogP contribution in [0, 0.1) is 23.2 Å². The summed E-state index contributed by atoms with van der Waals surface area (Å²) >= 11 is 5.02. The first-order chi connectivity index (χ1) is 8.47. The highest BCUT2D eigenvalue weighted by molar-refractivity contribution is 7.80. The molecular weight excluding hydrogens is 244 g/mol. The van der Waals surface area contributed by atoms with Gasteiger partial charge < -0.3 is 11.1 Å². The molecule has 0 radical (unpaired) electrons. The molecule has 0 heterocycles. The lowest BCUT2D eigenvalue weighted by atomic mass is 9.85. The molecule has 0 aromatic carbocycles. The van der Waals surface area contributed by atoms with Crippen LogP contribution in [0.3, 0.4) is 0 Å². The molecule has 3 N–H and O–H groups in total. The van der Waals surface area contributed by atoms with Gasteiger partial charge in [0.05, 0.1) is 10.4 Å². The summed E-state index contributed by atoms with van der Waals surface area (Å²) in [5.41, 5.74) is 5.01.